The number of aryl methyl sites for hydroxylation is 1. The van der Waals surface area contributed by atoms with Gasteiger partial charge in [-0.25, -0.2) is 9.37 Å². The number of anilines is 3. The van der Waals surface area contributed by atoms with Gasteiger partial charge in [0.2, 0.25) is 5.95 Å². The van der Waals surface area contributed by atoms with E-state index in [2.05, 4.69) is 67.2 Å². The standard InChI is InChI=1S/C31H35FN4O/c1-5-21-6-11-25(12-7-21)34-30-35-27-17-22(29(37)33-24-13-9-23(32)10-14-24)8-15-28(27)36(30)26-16-20(2)18-31(3,4)19-26/h6-15,17,20,26H,5,16,18-19H2,1-4H3,(H,33,37)(H,34,35). The van der Waals surface area contributed by atoms with Crippen molar-refractivity contribution in [1.29, 1.82) is 0 Å². The van der Waals surface area contributed by atoms with Crippen molar-refractivity contribution < 1.29 is 9.18 Å². The Labute approximate surface area is 218 Å². The molecule has 6 heteroatoms. The van der Waals surface area contributed by atoms with Gasteiger partial charge in [0.25, 0.3) is 5.91 Å². The van der Waals surface area contributed by atoms with Gasteiger partial charge in [0, 0.05) is 23.0 Å². The summed E-state index contributed by atoms with van der Waals surface area (Å²) in [6, 6.07) is 20.2. The summed E-state index contributed by atoms with van der Waals surface area (Å²) in [7, 11) is 0. The van der Waals surface area contributed by atoms with Crippen LogP contribution >= 0.6 is 0 Å². The van der Waals surface area contributed by atoms with E-state index in [1.807, 2.05) is 18.2 Å². The van der Waals surface area contributed by atoms with Crippen LogP contribution in [0.3, 0.4) is 0 Å². The van der Waals surface area contributed by atoms with Gasteiger partial charge < -0.3 is 15.2 Å². The van der Waals surface area contributed by atoms with Gasteiger partial charge in [0.15, 0.2) is 0 Å². The van der Waals surface area contributed by atoms with E-state index >= 15 is 0 Å². The lowest BCUT2D eigenvalue weighted by atomic mass is 9.70. The van der Waals surface area contributed by atoms with Crippen molar-refractivity contribution in [1.82, 2.24) is 9.55 Å². The molecular weight excluding hydrogens is 463 g/mol. The molecule has 1 aliphatic carbocycles. The van der Waals surface area contributed by atoms with Crippen LogP contribution in [0.25, 0.3) is 11.0 Å². The second kappa shape index (κ2) is 10.0. The van der Waals surface area contributed by atoms with Crippen LogP contribution < -0.4 is 10.6 Å². The Bertz CT molecular complexity index is 1410. The number of rotatable bonds is 6. The number of aromatic nitrogens is 2. The highest BCUT2D eigenvalue weighted by molar-refractivity contribution is 6.06. The van der Waals surface area contributed by atoms with E-state index in [1.165, 1.54) is 24.1 Å². The molecule has 5 nitrogen and oxygen atoms in total. The van der Waals surface area contributed by atoms with Crippen molar-refractivity contribution in [2.24, 2.45) is 11.3 Å². The average Bonchev–Trinajstić information content (AvgIpc) is 3.21. The van der Waals surface area contributed by atoms with Gasteiger partial charge >= 0.3 is 0 Å². The molecule has 1 aromatic heterocycles. The number of carbonyl (C=O) groups is 1. The maximum Gasteiger partial charge on any atom is 0.255 e. The van der Waals surface area contributed by atoms with Gasteiger partial charge in [-0.1, -0.05) is 39.8 Å². The number of fused-ring (bicyclic) bond motifs is 1. The molecule has 1 aliphatic rings. The molecular formula is C31H35FN4O. The number of hydrogen-bond donors (Lipinski definition) is 2. The minimum atomic E-state index is -0.338. The van der Waals surface area contributed by atoms with Crippen molar-refractivity contribution in [3.8, 4) is 0 Å². The molecule has 5 rings (SSSR count). The summed E-state index contributed by atoms with van der Waals surface area (Å²) in [6.45, 7) is 9.19. The van der Waals surface area contributed by atoms with E-state index in [4.69, 9.17) is 4.98 Å². The highest BCUT2D eigenvalue weighted by atomic mass is 19.1. The molecule has 2 N–H and O–H groups in total. The summed E-state index contributed by atoms with van der Waals surface area (Å²) in [4.78, 5) is 17.9. The number of imidazole rings is 1. The molecule has 4 aromatic rings. The largest absolute Gasteiger partial charge is 0.326 e. The Hall–Kier alpha value is -3.67. The van der Waals surface area contributed by atoms with E-state index < -0.39 is 0 Å². The van der Waals surface area contributed by atoms with Gasteiger partial charge in [-0.05, 0) is 97.2 Å². The Morgan fingerprint density at radius 2 is 1.73 bits per heavy atom. The first-order valence-electron chi connectivity index (χ1n) is 13.2. The topological polar surface area (TPSA) is 59.0 Å². The summed E-state index contributed by atoms with van der Waals surface area (Å²) in [5.74, 6) is 0.823. The number of benzene rings is 3. The molecule has 1 amide bonds. The maximum absolute atomic E-state index is 13.3. The molecule has 2 atom stereocenters. The molecule has 1 heterocycles. The van der Waals surface area contributed by atoms with E-state index in [0.29, 0.717) is 23.2 Å². The zero-order valence-corrected chi connectivity index (χ0v) is 22.0. The van der Waals surface area contributed by atoms with E-state index in [-0.39, 0.29) is 17.1 Å². The first-order chi connectivity index (χ1) is 17.7. The van der Waals surface area contributed by atoms with Crippen molar-refractivity contribution in [2.45, 2.75) is 59.4 Å². The van der Waals surface area contributed by atoms with Crippen LogP contribution in [-0.2, 0) is 6.42 Å². The molecule has 0 aliphatic heterocycles. The Balaban J connectivity index is 1.52. The number of halogens is 1. The van der Waals surface area contributed by atoms with Gasteiger partial charge in [-0.2, -0.15) is 0 Å². The number of hydrogen-bond acceptors (Lipinski definition) is 3. The summed E-state index contributed by atoms with van der Waals surface area (Å²) < 4.78 is 15.6. The van der Waals surface area contributed by atoms with Gasteiger partial charge in [-0.3, -0.25) is 4.79 Å². The lowest BCUT2D eigenvalue weighted by molar-refractivity contribution is 0.102. The maximum atomic E-state index is 13.3. The lowest BCUT2D eigenvalue weighted by Gasteiger charge is -2.40. The fourth-order valence-electron chi connectivity index (χ4n) is 5.88. The van der Waals surface area contributed by atoms with Crippen LogP contribution in [0.2, 0.25) is 0 Å². The average molecular weight is 499 g/mol. The normalized spacial score (nSPS) is 19.1. The summed E-state index contributed by atoms with van der Waals surface area (Å²) in [6.07, 6.45) is 4.37. The van der Waals surface area contributed by atoms with Crippen molar-refractivity contribution in [3.05, 3.63) is 83.7 Å². The van der Waals surface area contributed by atoms with Crippen LogP contribution in [0.5, 0.6) is 0 Å². The van der Waals surface area contributed by atoms with Crippen molar-refractivity contribution in [3.63, 3.8) is 0 Å². The minimum Gasteiger partial charge on any atom is -0.326 e. The SMILES string of the molecule is CCc1ccc(Nc2nc3cc(C(=O)Nc4ccc(F)cc4)ccc3n2C2CC(C)CC(C)(C)C2)cc1. The zero-order valence-electron chi connectivity index (χ0n) is 22.0. The third-order valence-electron chi connectivity index (χ3n) is 7.40. The quantitative estimate of drug-likeness (QED) is 0.282. The minimum absolute atomic E-state index is 0.244. The predicted octanol–water partition coefficient (Wildman–Crippen LogP) is 8.12. The Morgan fingerprint density at radius 3 is 2.41 bits per heavy atom. The van der Waals surface area contributed by atoms with E-state index in [9.17, 15) is 9.18 Å². The number of carbonyl (C=O) groups excluding carboxylic acids is 1. The van der Waals surface area contributed by atoms with Crippen LogP contribution in [-0.4, -0.2) is 15.5 Å². The molecule has 1 saturated carbocycles. The lowest BCUT2D eigenvalue weighted by Crippen LogP contribution is -2.29. The van der Waals surface area contributed by atoms with Crippen LogP contribution in [0.4, 0.5) is 21.7 Å². The van der Waals surface area contributed by atoms with Crippen molar-refractivity contribution in [2.75, 3.05) is 10.6 Å². The van der Waals surface area contributed by atoms with Crippen LogP contribution in [0, 0.1) is 17.2 Å². The van der Waals surface area contributed by atoms with Crippen molar-refractivity contribution >= 4 is 34.3 Å². The Kier molecular flexibility index (Phi) is 6.76. The van der Waals surface area contributed by atoms with Gasteiger partial charge in [-0.15, -0.1) is 0 Å². The molecule has 0 spiro atoms. The number of amides is 1. The molecule has 0 bridgehead atoms. The Morgan fingerprint density at radius 1 is 1.03 bits per heavy atom. The monoisotopic (exact) mass is 498 g/mol. The van der Waals surface area contributed by atoms with Crippen LogP contribution in [0.15, 0.2) is 66.7 Å². The fraction of sp³-hybridized carbons (Fsp3) is 0.355. The molecule has 1 fully saturated rings. The summed E-state index contributed by atoms with van der Waals surface area (Å²) >= 11 is 0. The number of nitrogens with one attached hydrogen (secondary N) is 2. The molecule has 192 valence electrons. The second-order valence-electron chi connectivity index (χ2n) is 11.2. The smallest absolute Gasteiger partial charge is 0.255 e. The van der Waals surface area contributed by atoms with Gasteiger partial charge in [0.05, 0.1) is 11.0 Å². The predicted molar refractivity (Wildman–Crippen MR) is 149 cm³/mol. The summed E-state index contributed by atoms with van der Waals surface area (Å²) in [5.41, 5.74) is 5.38. The molecule has 37 heavy (non-hydrogen) atoms. The highest BCUT2D eigenvalue weighted by Crippen LogP contribution is 2.46. The molecule has 0 saturated heterocycles. The first-order valence-corrected chi connectivity index (χ1v) is 13.2. The first kappa shape index (κ1) is 25.0. The van der Waals surface area contributed by atoms with Gasteiger partial charge in [0.1, 0.15) is 5.82 Å². The fourth-order valence-corrected chi connectivity index (χ4v) is 5.88. The molecule has 3 aromatic carbocycles. The zero-order chi connectivity index (χ0) is 26.2. The van der Waals surface area contributed by atoms with E-state index in [0.717, 1.165) is 41.9 Å². The van der Waals surface area contributed by atoms with E-state index in [1.54, 1.807) is 12.1 Å². The highest BCUT2D eigenvalue weighted by Gasteiger charge is 2.34. The molecule has 0 radical (unpaired) electrons. The van der Waals surface area contributed by atoms with Crippen LogP contribution in [0.1, 0.15) is 68.9 Å². The third kappa shape index (κ3) is 5.53. The third-order valence-corrected chi connectivity index (χ3v) is 7.40. The summed E-state index contributed by atoms with van der Waals surface area (Å²) in [5, 5.41) is 6.41. The number of nitrogens with zero attached hydrogens (tertiary/aromatic N) is 2. The second-order valence-corrected chi connectivity index (χ2v) is 11.2. The molecule has 2 unspecified atom stereocenters.